The van der Waals surface area contributed by atoms with E-state index in [1.165, 1.54) is 25.9 Å². The minimum absolute atomic E-state index is 0.169. The van der Waals surface area contributed by atoms with Crippen LogP contribution in [-0.4, -0.2) is 32.2 Å². The molecule has 0 fully saturated rings. The predicted octanol–water partition coefficient (Wildman–Crippen LogP) is 2.88. The summed E-state index contributed by atoms with van der Waals surface area (Å²) < 4.78 is 7.75. The standard InChI is InChI=1S/C21H21N5O3S/c1-12-3-8-15-16(9-12)30-20-18(15)19-24-26(21(28)25(19)11-22-20)10-17(27)23-13-4-6-14(29-2)7-5-13/h4-7,11-12H,3,8-10H2,1-2H3,(H,23,27). The lowest BCUT2D eigenvalue weighted by atomic mass is 9.89. The zero-order valence-electron chi connectivity index (χ0n) is 16.7. The van der Waals surface area contributed by atoms with Gasteiger partial charge < -0.3 is 10.1 Å². The molecule has 0 spiro atoms. The number of aryl methyl sites for hydroxylation is 1. The molecule has 1 atom stereocenters. The molecule has 0 saturated heterocycles. The Morgan fingerprint density at radius 2 is 2.13 bits per heavy atom. The molecule has 1 aromatic carbocycles. The fraction of sp³-hybridized carbons (Fsp3) is 0.333. The van der Waals surface area contributed by atoms with E-state index in [4.69, 9.17) is 4.74 Å². The van der Waals surface area contributed by atoms with Crippen molar-refractivity contribution in [3.05, 3.63) is 51.5 Å². The number of ether oxygens (including phenoxy) is 1. The number of fused-ring (bicyclic) bond motifs is 5. The number of carbonyl (C=O) groups excluding carboxylic acids is 1. The molecule has 1 aliphatic carbocycles. The van der Waals surface area contributed by atoms with Gasteiger partial charge in [0, 0.05) is 10.6 Å². The van der Waals surface area contributed by atoms with Gasteiger partial charge in [-0.15, -0.1) is 16.4 Å². The van der Waals surface area contributed by atoms with Crippen LogP contribution in [0.1, 0.15) is 23.8 Å². The Morgan fingerprint density at radius 1 is 1.33 bits per heavy atom. The predicted molar refractivity (Wildman–Crippen MR) is 115 cm³/mol. The molecule has 1 amide bonds. The first-order chi connectivity index (χ1) is 14.5. The lowest BCUT2D eigenvalue weighted by molar-refractivity contribution is -0.117. The zero-order valence-corrected chi connectivity index (χ0v) is 17.5. The van der Waals surface area contributed by atoms with Crippen molar-refractivity contribution in [1.82, 2.24) is 19.2 Å². The van der Waals surface area contributed by atoms with Crippen LogP contribution in [0.3, 0.4) is 0 Å². The smallest absolute Gasteiger partial charge is 0.352 e. The van der Waals surface area contributed by atoms with Crippen molar-refractivity contribution in [2.45, 2.75) is 32.7 Å². The maximum atomic E-state index is 12.8. The monoisotopic (exact) mass is 423 g/mol. The van der Waals surface area contributed by atoms with Crippen molar-refractivity contribution < 1.29 is 9.53 Å². The van der Waals surface area contributed by atoms with Crippen molar-refractivity contribution in [1.29, 1.82) is 0 Å². The summed E-state index contributed by atoms with van der Waals surface area (Å²) in [4.78, 5) is 32.0. The summed E-state index contributed by atoms with van der Waals surface area (Å²) in [6.45, 7) is 2.09. The third kappa shape index (κ3) is 3.15. The van der Waals surface area contributed by atoms with Gasteiger partial charge in [0.25, 0.3) is 0 Å². The maximum absolute atomic E-state index is 12.8. The third-order valence-electron chi connectivity index (χ3n) is 5.54. The molecule has 8 nitrogen and oxygen atoms in total. The Bertz CT molecular complexity index is 1320. The van der Waals surface area contributed by atoms with Crippen molar-refractivity contribution >= 4 is 38.8 Å². The minimum Gasteiger partial charge on any atom is -0.497 e. The van der Waals surface area contributed by atoms with Gasteiger partial charge in [-0.3, -0.25) is 4.79 Å². The molecule has 5 rings (SSSR count). The number of rotatable bonds is 4. The fourth-order valence-corrected chi connectivity index (χ4v) is 5.32. The molecule has 30 heavy (non-hydrogen) atoms. The topological polar surface area (TPSA) is 90.5 Å². The molecule has 1 N–H and O–H groups in total. The number of nitrogens with one attached hydrogen (secondary N) is 1. The third-order valence-corrected chi connectivity index (χ3v) is 6.71. The Morgan fingerprint density at radius 3 is 2.90 bits per heavy atom. The quantitative estimate of drug-likeness (QED) is 0.545. The second-order valence-corrected chi connectivity index (χ2v) is 8.77. The molecule has 4 aromatic rings. The Balaban J connectivity index is 1.47. The van der Waals surface area contributed by atoms with E-state index in [0.717, 1.165) is 29.5 Å². The lowest BCUT2D eigenvalue weighted by Gasteiger charge is -2.17. The van der Waals surface area contributed by atoms with E-state index in [-0.39, 0.29) is 18.1 Å². The second-order valence-electron chi connectivity index (χ2n) is 7.69. The van der Waals surface area contributed by atoms with Crippen LogP contribution in [0, 0.1) is 5.92 Å². The molecule has 3 aromatic heterocycles. The number of amides is 1. The van der Waals surface area contributed by atoms with E-state index in [9.17, 15) is 9.59 Å². The average molecular weight is 423 g/mol. The molecule has 154 valence electrons. The number of hydrogen-bond donors (Lipinski definition) is 1. The van der Waals surface area contributed by atoms with Gasteiger partial charge >= 0.3 is 5.69 Å². The van der Waals surface area contributed by atoms with Crippen molar-refractivity contribution in [3.63, 3.8) is 0 Å². The Kier molecular flexibility index (Phi) is 4.54. The van der Waals surface area contributed by atoms with Crippen molar-refractivity contribution in [2.75, 3.05) is 12.4 Å². The van der Waals surface area contributed by atoms with Crippen molar-refractivity contribution in [2.24, 2.45) is 5.92 Å². The highest BCUT2D eigenvalue weighted by Gasteiger charge is 2.24. The second kappa shape index (κ2) is 7.24. The van der Waals surface area contributed by atoms with Gasteiger partial charge in [0.15, 0.2) is 5.65 Å². The number of carbonyl (C=O) groups is 1. The fourth-order valence-electron chi connectivity index (χ4n) is 3.98. The number of benzene rings is 1. The van der Waals surface area contributed by atoms with Crippen molar-refractivity contribution in [3.8, 4) is 5.75 Å². The van der Waals surface area contributed by atoms with Crippen LogP contribution in [0.4, 0.5) is 5.69 Å². The SMILES string of the molecule is COc1ccc(NC(=O)Cn2nc3c4c5c(sc4ncn3c2=O)CC(C)CC5)cc1. The van der Waals surface area contributed by atoms with Crippen LogP contribution in [0.5, 0.6) is 5.75 Å². The summed E-state index contributed by atoms with van der Waals surface area (Å²) in [5.41, 5.74) is 2.09. The Hall–Kier alpha value is -3.20. The zero-order chi connectivity index (χ0) is 20.8. The van der Waals surface area contributed by atoms with Gasteiger partial charge in [-0.1, -0.05) is 6.92 Å². The number of thiophene rings is 1. The molecule has 0 bridgehead atoms. The Labute approximate surface area is 176 Å². The maximum Gasteiger partial charge on any atom is 0.352 e. The summed E-state index contributed by atoms with van der Waals surface area (Å²) >= 11 is 1.69. The first kappa shape index (κ1) is 18.8. The van der Waals surface area contributed by atoms with E-state index in [2.05, 4.69) is 22.3 Å². The first-order valence-electron chi connectivity index (χ1n) is 9.86. The van der Waals surface area contributed by atoms with Crippen LogP contribution in [-0.2, 0) is 24.2 Å². The molecule has 0 saturated carbocycles. The summed E-state index contributed by atoms with van der Waals surface area (Å²) in [5.74, 6) is 1.04. The van der Waals surface area contributed by atoms with E-state index in [1.807, 2.05) is 0 Å². The van der Waals surface area contributed by atoms with Gasteiger partial charge in [-0.2, -0.15) is 0 Å². The highest BCUT2D eigenvalue weighted by Crippen LogP contribution is 2.38. The van der Waals surface area contributed by atoms with Crippen LogP contribution in [0.2, 0.25) is 0 Å². The number of aromatic nitrogens is 4. The van der Waals surface area contributed by atoms with Gasteiger partial charge in [0.2, 0.25) is 5.91 Å². The first-order valence-corrected chi connectivity index (χ1v) is 10.7. The van der Waals surface area contributed by atoms with E-state index in [0.29, 0.717) is 23.0 Å². The highest BCUT2D eigenvalue weighted by molar-refractivity contribution is 7.19. The number of hydrogen-bond acceptors (Lipinski definition) is 6. The molecular formula is C21H21N5O3S. The van der Waals surface area contributed by atoms with Crippen LogP contribution >= 0.6 is 11.3 Å². The average Bonchev–Trinajstić information content (AvgIpc) is 3.25. The van der Waals surface area contributed by atoms with Crippen LogP contribution < -0.4 is 15.7 Å². The molecule has 0 radical (unpaired) electrons. The molecule has 9 heteroatoms. The van der Waals surface area contributed by atoms with Gasteiger partial charge in [-0.05, 0) is 55.0 Å². The normalized spacial score (nSPS) is 16.0. The summed E-state index contributed by atoms with van der Waals surface area (Å²) in [5, 5.41) is 8.24. The molecule has 0 aliphatic heterocycles. The van der Waals surface area contributed by atoms with Gasteiger partial charge in [0.05, 0.1) is 12.5 Å². The summed E-state index contributed by atoms with van der Waals surface area (Å²) in [7, 11) is 1.58. The highest BCUT2D eigenvalue weighted by atomic mass is 32.1. The molecule has 1 aliphatic rings. The minimum atomic E-state index is -0.367. The van der Waals surface area contributed by atoms with Gasteiger partial charge in [-0.25, -0.2) is 18.9 Å². The summed E-state index contributed by atoms with van der Waals surface area (Å²) in [6, 6.07) is 7.01. The van der Waals surface area contributed by atoms with Crippen LogP contribution in [0.15, 0.2) is 35.4 Å². The number of nitrogens with zero attached hydrogens (tertiary/aromatic N) is 4. The van der Waals surface area contributed by atoms with E-state index in [1.54, 1.807) is 42.7 Å². The molecular weight excluding hydrogens is 402 g/mol. The lowest BCUT2D eigenvalue weighted by Crippen LogP contribution is -2.28. The number of anilines is 1. The van der Waals surface area contributed by atoms with Crippen LogP contribution in [0.25, 0.3) is 15.9 Å². The van der Waals surface area contributed by atoms with Gasteiger partial charge in [0.1, 0.15) is 23.5 Å². The molecule has 1 unspecified atom stereocenters. The molecule has 3 heterocycles. The number of methoxy groups -OCH3 is 1. The largest absolute Gasteiger partial charge is 0.497 e. The van der Waals surface area contributed by atoms with E-state index >= 15 is 0 Å². The van der Waals surface area contributed by atoms with E-state index < -0.39 is 0 Å². The summed E-state index contributed by atoms with van der Waals surface area (Å²) in [6.07, 6.45) is 4.64.